The minimum Gasteiger partial charge on any atom is -0.383 e. The van der Waals surface area contributed by atoms with Crippen molar-refractivity contribution in [2.75, 3.05) is 37.9 Å². The van der Waals surface area contributed by atoms with Gasteiger partial charge in [0.25, 0.3) is 0 Å². The number of nitrogens with one attached hydrogen (secondary N) is 2. The van der Waals surface area contributed by atoms with Crippen LogP contribution in [0.3, 0.4) is 0 Å². The maximum atomic E-state index is 11.3. The molecule has 0 atom stereocenters. The van der Waals surface area contributed by atoms with Crippen molar-refractivity contribution in [3.63, 3.8) is 0 Å². The Hall–Kier alpha value is -1.82. The van der Waals surface area contributed by atoms with Crippen molar-refractivity contribution in [1.82, 2.24) is 10.3 Å². The van der Waals surface area contributed by atoms with E-state index in [1.165, 1.54) is 0 Å². The van der Waals surface area contributed by atoms with Crippen LogP contribution in [0.1, 0.15) is 6.42 Å². The van der Waals surface area contributed by atoms with Gasteiger partial charge < -0.3 is 21.1 Å². The molecule has 1 heterocycles. The lowest BCUT2D eigenvalue weighted by Gasteiger charge is -2.08. The van der Waals surface area contributed by atoms with Crippen LogP contribution in [0.15, 0.2) is 18.3 Å². The smallest absolute Gasteiger partial charge is 0.221 e. The van der Waals surface area contributed by atoms with E-state index in [2.05, 4.69) is 15.6 Å². The van der Waals surface area contributed by atoms with Gasteiger partial charge in [-0.2, -0.15) is 0 Å². The minimum atomic E-state index is -0.0167. The zero-order chi connectivity index (χ0) is 12.5. The summed E-state index contributed by atoms with van der Waals surface area (Å²) in [5.74, 6) is 0.421. The molecule has 94 valence electrons. The van der Waals surface area contributed by atoms with Crippen molar-refractivity contribution in [2.24, 2.45) is 0 Å². The van der Waals surface area contributed by atoms with Gasteiger partial charge in [-0.3, -0.25) is 4.79 Å². The molecule has 17 heavy (non-hydrogen) atoms. The van der Waals surface area contributed by atoms with Gasteiger partial charge in [-0.15, -0.1) is 0 Å². The molecule has 0 aliphatic carbocycles. The Kier molecular flexibility index (Phi) is 5.81. The highest BCUT2D eigenvalue weighted by Crippen LogP contribution is 2.12. The van der Waals surface area contributed by atoms with Crippen molar-refractivity contribution in [3.05, 3.63) is 18.3 Å². The van der Waals surface area contributed by atoms with Crippen molar-refractivity contribution < 1.29 is 9.53 Å². The topological polar surface area (TPSA) is 89.3 Å². The molecule has 6 nitrogen and oxygen atoms in total. The Labute approximate surface area is 101 Å². The van der Waals surface area contributed by atoms with Gasteiger partial charge in [0.15, 0.2) is 0 Å². The van der Waals surface area contributed by atoms with E-state index in [0.717, 1.165) is 5.69 Å². The number of anilines is 2. The predicted molar refractivity (Wildman–Crippen MR) is 66.6 cm³/mol. The third-order valence-corrected chi connectivity index (χ3v) is 2.13. The number of ether oxygens (including phenoxy) is 1. The fraction of sp³-hybridized carbons (Fsp3) is 0.455. The van der Waals surface area contributed by atoms with Gasteiger partial charge in [-0.05, 0) is 12.1 Å². The van der Waals surface area contributed by atoms with Crippen LogP contribution in [-0.4, -0.2) is 37.7 Å². The zero-order valence-electron chi connectivity index (χ0n) is 9.90. The molecule has 0 unspecified atom stereocenters. The van der Waals surface area contributed by atoms with Gasteiger partial charge >= 0.3 is 0 Å². The van der Waals surface area contributed by atoms with Crippen molar-refractivity contribution >= 4 is 17.4 Å². The highest BCUT2D eigenvalue weighted by Gasteiger charge is 2.01. The molecule has 0 aliphatic rings. The van der Waals surface area contributed by atoms with Crippen LogP contribution in [0.4, 0.5) is 11.5 Å². The van der Waals surface area contributed by atoms with E-state index in [4.69, 9.17) is 10.5 Å². The van der Waals surface area contributed by atoms with E-state index in [0.29, 0.717) is 31.9 Å². The van der Waals surface area contributed by atoms with E-state index >= 15 is 0 Å². The average Bonchev–Trinajstić information content (AvgIpc) is 2.32. The number of nitrogens with two attached hydrogens (primary N) is 1. The van der Waals surface area contributed by atoms with E-state index in [1.807, 2.05) is 6.07 Å². The molecule has 0 aliphatic heterocycles. The fourth-order valence-corrected chi connectivity index (χ4v) is 1.26. The summed E-state index contributed by atoms with van der Waals surface area (Å²) in [6.45, 7) is 1.58. The second kappa shape index (κ2) is 7.45. The van der Waals surface area contributed by atoms with Crippen molar-refractivity contribution in [2.45, 2.75) is 6.42 Å². The molecule has 0 fully saturated rings. The molecule has 0 saturated heterocycles. The van der Waals surface area contributed by atoms with Gasteiger partial charge in [0.1, 0.15) is 5.82 Å². The molecule has 0 radical (unpaired) electrons. The number of nitrogen functional groups attached to an aromatic ring is 1. The summed E-state index contributed by atoms with van der Waals surface area (Å²) in [6.07, 6.45) is 2.01. The Balaban J connectivity index is 2.19. The molecule has 0 bridgehead atoms. The molecule has 4 N–H and O–H groups in total. The van der Waals surface area contributed by atoms with E-state index in [-0.39, 0.29) is 5.91 Å². The Morgan fingerprint density at radius 2 is 2.35 bits per heavy atom. The van der Waals surface area contributed by atoms with Gasteiger partial charge in [-0.25, -0.2) is 4.98 Å². The number of carbonyl (C=O) groups excluding carboxylic acids is 1. The molecular weight excluding hydrogens is 220 g/mol. The monoisotopic (exact) mass is 238 g/mol. The number of hydrogen-bond acceptors (Lipinski definition) is 5. The number of methoxy groups -OCH3 is 1. The predicted octanol–water partition coefficient (Wildman–Crippen LogP) is 0.228. The molecule has 1 aromatic heterocycles. The molecule has 1 amide bonds. The number of pyridine rings is 1. The quantitative estimate of drug-likeness (QED) is 0.592. The van der Waals surface area contributed by atoms with Crippen LogP contribution >= 0.6 is 0 Å². The van der Waals surface area contributed by atoms with Crippen LogP contribution in [0.25, 0.3) is 0 Å². The normalized spacial score (nSPS) is 9.94. The Morgan fingerprint density at radius 3 is 3.06 bits per heavy atom. The highest BCUT2D eigenvalue weighted by molar-refractivity contribution is 5.76. The second-order valence-corrected chi connectivity index (χ2v) is 3.46. The summed E-state index contributed by atoms with van der Waals surface area (Å²) in [7, 11) is 1.60. The number of nitrogens with zero attached hydrogens (tertiary/aromatic N) is 1. The third kappa shape index (κ3) is 5.17. The molecule has 0 saturated carbocycles. The van der Waals surface area contributed by atoms with E-state index in [9.17, 15) is 4.79 Å². The van der Waals surface area contributed by atoms with Gasteiger partial charge in [0.2, 0.25) is 5.91 Å². The molecule has 0 spiro atoms. The summed E-state index contributed by atoms with van der Waals surface area (Å²) in [6, 6.07) is 3.61. The first-order valence-electron chi connectivity index (χ1n) is 5.44. The molecule has 1 aromatic rings. The lowest BCUT2D eigenvalue weighted by atomic mass is 10.3. The van der Waals surface area contributed by atoms with Crippen LogP contribution < -0.4 is 16.4 Å². The summed E-state index contributed by atoms with van der Waals surface area (Å²) in [4.78, 5) is 15.3. The Bertz CT molecular complexity index is 357. The first kappa shape index (κ1) is 13.2. The van der Waals surface area contributed by atoms with Crippen LogP contribution in [0.2, 0.25) is 0 Å². The second-order valence-electron chi connectivity index (χ2n) is 3.46. The summed E-state index contributed by atoms with van der Waals surface area (Å²) >= 11 is 0. The van der Waals surface area contributed by atoms with Crippen molar-refractivity contribution in [3.8, 4) is 0 Å². The van der Waals surface area contributed by atoms with E-state index in [1.54, 1.807) is 19.4 Å². The van der Waals surface area contributed by atoms with E-state index < -0.39 is 0 Å². The van der Waals surface area contributed by atoms with Gasteiger partial charge in [0.05, 0.1) is 12.3 Å². The summed E-state index contributed by atoms with van der Waals surface area (Å²) < 4.78 is 4.83. The molecule has 1 rings (SSSR count). The number of amides is 1. The number of carbonyl (C=O) groups is 1. The lowest BCUT2D eigenvalue weighted by molar-refractivity contribution is -0.121. The lowest BCUT2D eigenvalue weighted by Crippen LogP contribution is -2.28. The first-order valence-corrected chi connectivity index (χ1v) is 5.44. The third-order valence-electron chi connectivity index (χ3n) is 2.13. The highest BCUT2D eigenvalue weighted by atomic mass is 16.5. The van der Waals surface area contributed by atoms with Crippen LogP contribution in [0.5, 0.6) is 0 Å². The summed E-state index contributed by atoms with van der Waals surface area (Å²) in [5.41, 5.74) is 6.39. The number of rotatable bonds is 7. The molecule has 6 heteroatoms. The zero-order valence-corrected chi connectivity index (χ0v) is 9.90. The maximum absolute atomic E-state index is 11.3. The van der Waals surface area contributed by atoms with Gasteiger partial charge in [0, 0.05) is 32.8 Å². The first-order chi connectivity index (χ1) is 8.24. The van der Waals surface area contributed by atoms with Gasteiger partial charge in [-0.1, -0.05) is 0 Å². The number of hydrogen-bond donors (Lipinski definition) is 3. The Morgan fingerprint density at radius 1 is 1.53 bits per heavy atom. The fourth-order valence-electron chi connectivity index (χ4n) is 1.26. The SMILES string of the molecule is COCCNC(=O)CCNc1cccnc1N. The standard InChI is InChI=1S/C11H18N4O2/c1-17-8-7-14-10(16)4-6-13-9-3-2-5-15-11(9)12/h2-3,5,13H,4,6-8H2,1H3,(H2,12,15)(H,14,16). The molecular formula is C11H18N4O2. The van der Waals surface area contributed by atoms with Crippen LogP contribution in [-0.2, 0) is 9.53 Å². The average molecular weight is 238 g/mol. The van der Waals surface area contributed by atoms with Crippen molar-refractivity contribution in [1.29, 1.82) is 0 Å². The minimum absolute atomic E-state index is 0.0167. The largest absolute Gasteiger partial charge is 0.383 e. The maximum Gasteiger partial charge on any atom is 0.221 e. The van der Waals surface area contributed by atoms with Crippen LogP contribution in [0, 0.1) is 0 Å². The molecule has 0 aromatic carbocycles. The number of aromatic nitrogens is 1. The summed E-state index contributed by atoms with van der Waals surface area (Å²) in [5, 5.41) is 5.79.